The molecule has 0 atom stereocenters. The quantitative estimate of drug-likeness (QED) is 0.602. The van der Waals surface area contributed by atoms with Crippen LogP contribution in [0.25, 0.3) is 22.4 Å². The van der Waals surface area contributed by atoms with E-state index in [1.165, 1.54) is 6.07 Å². The van der Waals surface area contributed by atoms with Crippen molar-refractivity contribution in [3.05, 3.63) is 70.5 Å². The summed E-state index contributed by atoms with van der Waals surface area (Å²) in [5.74, 6) is 0.282. The fourth-order valence-electron chi connectivity index (χ4n) is 2.47. The van der Waals surface area contributed by atoms with Crippen molar-refractivity contribution in [1.29, 1.82) is 0 Å². The van der Waals surface area contributed by atoms with E-state index >= 15 is 0 Å². The van der Waals surface area contributed by atoms with E-state index in [0.29, 0.717) is 11.3 Å². The number of rotatable bonds is 3. The van der Waals surface area contributed by atoms with Crippen LogP contribution < -0.4 is 10.9 Å². The minimum atomic E-state index is -0.252. The highest BCUT2D eigenvalue weighted by Gasteiger charge is 2.09. The third-order valence-electron chi connectivity index (χ3n) is 3.58. The molecule has 0 amide bonds. The first kappa shape index (κ1) is 14.2. The number of oxazole rings is 1. The molecule has 118 valence electrons. The SMILES string of the molecule is Cc1ccc2oc(Nc3nc(-c4ccccc4)cc(=O)[nH]3)nc2c1. The molecule has 0 unspecified atom stereocenters. The lowest BCUT2D eigenvalue weighted by Crippen LogP contribution is -2.10. The number of hydrogen-bond acceptors (Lipinski definition) is 5. The second-order valence-corrected chi connectivity index (χ2v) is 5.46. The number of aromatic nitrogens is 3. The minimum absolute atomic E-state index is 0.252. The summed E-state index contributed by atoms with van der Waals surface area (Å²) in [6, 6.07) is 17.0. The first-order valence-corrected chi connectivity index (χ1v) is 7.48. The van der Waals surface area contributed by atoms with Crippen molar-refractivity contribution < 1.29 is 4.42 Å². The summed E-state index contributed by atoms with van der Waals surface area (Å²) in [5, 5.41) is 2.92. The molecule has 0 aliphatic carbocycles. The molecule has 6 nitrogen and oxygen atoms in total. The highest BCUT2D eigenvalue weighted by Crippen LogP contribution is 2.22. The van der Waals surface area contributed by atoms with Crippen molar-refractivity contribution in [2.75, 3.05) is 5.32 Å². The molecule has 0 fully saturated rings. The van der Waals surface area contributed by atoms with Crippen LogP contribution >= 0.6 is 0 Å². The smallest absolute Gasteiger partial charge is 0.302 e. The highest BCUT2D eigenvalue weighted by atomic mass is 16.4. The van der Waals surface area contributed by atoms with Crippen molar-refractivity contribution in [3.63, 3.8) is 0 Å². The van der Waals surface area contributed by atoms with E-state index in [2.05, 4.69) is 20.3 Å². The zero-order valence-corrected chi connectivity index (χ0v) is 12.9. The van der Waals surface area contributed by atoms with Crippen LogP contribution in [0.5, 0.6) is 0 Å². The molecule has 0 spiro atoms. The zero-order valence-electron chi connectivity index (χ0n) is 12.9. The second kappa shape index (κ2) is 5.66. The molecule has 0 aliphatic heterocycles. The van der Waals surface area contributed by atoms with Crippen molar-refractivity contribution >= 4 is 23.1 Å². The average Bonchev–Trinajstić information content (AvgIpc) is 2.96. The summed E-state index contributed by atoms with van der Waals surface area (Å²) < 4.78 is 5.63. The lowest BCUT2D eigenvalue weighted by Gasteiger charge is -2.04. The van der Waals surface area contributed by atoms with Crippen LogP contribution in [0.4, 0.5) is 12.0 Å². The van der Waals surface area contributed by atoms with Gasteiger partial charge in [-0.1, -0.05) is 36.4 Å². The Kier molecular flexibility index (Phi) is 3.35. The van der Waals surface area contributed by atoms with Gasteiger partial charge in [0, 0.05) is 11.6 Å². The standard InChI is InChI=1S/C18H14N4O2/c1-11-7-8-15-14(9-11)20-18(24-15)22-17-19-13(10-16(23)21-17)12-5-3-2-4-6-12/h2-10H,1H3,(H2,19,20,21,22,23). The number of benzene rings is 2. The molecule has 2 aromatic heterocycles. The van der Waals surface area contributed by atoms with Crippen LogP contribution in [0.2, 0.25) is 0 Å². The molecule has 24 heavy (non-hydrogen) atoms. The molecule has 4 rings (SSSR count). The zero-order chi connectivity index (χ0) is 16.5. The monoisotopic (exact) mass is 318 g/mol. The number of fused-ring (bicyclic) bond motifs is 1. The van der Waals surface area contributed by atoms with E-state index in [4.69, 9.17) is 4.42 Å². The number of nitrogens with one attached hydrogen (secondary N) is 2. The fraction of sp³-hybridized carbons (Fsp3) is 0.0556. The van der Waals surface area contributed by atoms with Gasteiger partial charge in [0.15, 0.2) is 5.58 Å². The Balaban J connectivity index is 1.71. The van der Waals surface area contributed by atoms with Gasteiger partial charge in [-0.05, 0) is 24.6 Å². The van der Waals surface area contributed by atoms with E-state index in [1.54, 1.807) is 0 Å². The molecule has 0 saturated carbocycles. The summed E-state index contributed by atoms with van der Waals surface area (Å²) in [6.45, 7) is 1.99. The molecular formula is C18H14N4O2. The van der Waals surface area contributed by atoms with Crippen molar-refractivity contribution in [1.82, 2.24) is 15.0 Å². The molecule has 4 aromatic rings. The lowest BCUT2D eigenvalue weighted by molar-refractivity contribution is 0.621. The normalized spacial score (nSPS) is 10.9. The Bertz CT molecular complexity index is 1070. The number of aromatic amines is 1. The van der Waals surface area contributed by atoms with Gasteiger partial charge in [0.05, 0.1) is 5.69 Å². The van der Waals surface area contributed by atoms with Crippen molar-refractivity contribution in [2.45, 2.75) is 6.92 Å². The molecular weight excluding hydrogens is 304 g/mol. The molecule has 2 aromatic carbocycles. The first-order chi connectivity index (χ1) is 11.7. The summed E-state index contributed by atoms with van der Waals surface area (Å²) in [7, 11) is 0. The van der Waals surface area contributed by atoms with E-state index in [1.807, 2.05) is 55.5 Å². The molecule has 0 saturated heterocycles. The number of H-pyrrole nitrogens is 1. The number of aryl methyl sites for hydroxylation is 1. The molecule has 0 radical (unpaired) electrons. The molecule has 0 bridgehead atoms. The number of anilines is 2. The van der Waals surface area contributed by atoms with Gasteiger partial charge in [-0.3, -0.25) is 15.1 Å². The van der Waals surface area contributed by atoms with Crippen LogP contribution in [0.1, 0.15) is 5.56 Å². The lowest BCUT2D eigenvalue weighted by atomic mass is 10.1. The first-order valence-electron chi connectivity index (χ1n) is 7.48. The topological polar surface area (TPSA) is 83.8 Å². The highest BCUT2D eigenvalue weighted by molar-refractivity contribution is 5.75. The maximum atomic E-state index is 11.9. The summed E-state index contributed by atoms with van der Waals surface area (Å²) >= 11 is 0. The third kappa shape index (κ3) is 2.77. The van der Waals surface area contributed by atoms with E-state index in [0.717, 1.165) is 16.6 Å². The fourth-order valence-corrected chi connectivity index (χ4v) is 2.47. The van der Waals surface area contributed by atoms with Crippen LogP contribution in [0.3, 0.4) is 0 Å². The van der Waals surface area contributed by atoms with Gasteiger partial charge in [0.1, 0.15) is 5.52 Å². The Morgan fingerprint density at radius 1 is 1.04 bits per heavy atom. The predicted octanol–water partition coefficient (Wildman–Crippen LogP) is 3.63. The van der Waals surface area contributed by atoms with E-state index in [-0.39, 0.29) is 17.5 Å². The van der Waals surface area contributed by atoms with Gasteiger partial charge in [0.25, 0.3) is 5.56 Å². The Morgan fingerprint density at radius 2 is 1.88 bits per heavy atom. The van der Waals surface area contributed by atoms with E-state index in [9.17, 15) is 4.79 Å². The minimum Gasteiger partial charge on any atom is -0.423 e. The predicted molar refractivity (Wildman–Crippen MR) is 92.3 cm³/mol. The number of hydrogen-bond donors (Lipinski definition) is 2. The van der Waals surface area contributed by atoms with Crippen molar-refractivity contribution in [2.24, 2.45) is 0 Å². The van der Waals surface area contributed by atoms with Gasteiger partial charge < -0.3 is 4.42 Å². The van der Waals surface area contributed by atoms with Crippen LogP contribution in [0.15, 0.2) is 63.8 Å². The molecule has 0 aliphatic rings. The van der Waals surface area contributed by atoms with Gasteiger partial charge in [0.2, 0.25) is 5.95 Å². The Labute approximate surface area is 137 Å². The Morgan fingerprint density at radius 3 is 2.71 bits per heavy atom. The number of nitrogens with zero attached hydrogens (tertiary/aromatic N) is 2. The summed E-state index contributed by atoms with van der Waals surface area (Å²) in [4.78, 5) is 23.3. The van der Waals surface area contributed by atoms with Crippen LogP contribution in [-0.2, 0) is 0 Å². The molecule has 2 N–H and O–H groups in total. The van der Waals surface area contributed by atoms with Gasteiger partial charge >= 0.3 is 6.01 Å². The van der Waals surface area contributed by atoms with E-state index < -0.39 is 0 Å². The average molecular weight is 318 g/mol. The summed E-state index contributed by atoms with van der Waals surface area (Å²) in [6.07, 6.45) is 0. The Hall–Kier alpha value is -3.41. The van der Waals surface area contributed by atoms with Gasteiger partial charge in [-0.25, -0.2) is 4.98 Å². The third-order valence-corrected chi connectivity index (χ3v) is 3.58. The summed E-state index contributed by atoms with van der Waals surface area (Å²) in [5.41, 5.74) is 3.70. The maximum Gasteiger partial charge on any atom is 0.302 e. The largest absolute Gasteiger partial charge is 0.423 e. The van der Waals surface area contributed by atoms with Gasteiger partial charge in [-0.2, -0.15) is 4.98 Å². The van der Waals surface area contributed by atoms with Crippen LogP contribution in [0, 0.1) is 6.92 Å². The van der Waals surface area contributed by atoms with Crippen LogP contribution in [-0.4, -0.2) is 15.0 Å². The van der Waals surface area contributed by atoms with Crippen molar-refractivity contribution in [3.8, 4) is 11.3 Å². The molecule has 2 heterocycles. The van der Waals surface area contributed by atoms with Gasteiger partial charge in [-0.15, -0.1) is 0 Å². The molecule has 6 heteroatoms. The second-order valence-electron chi connectivity index (χ2n) is 5.46. The maximum absolute atomic E-state index is 11.9.